The van der Waals surface area contributed by atoms with Crippen LogP contribution in [0, 0.1) is 5.92 Å². The molecule has 0 radical (unpaired) electrons. The van der Waals surface area contributed by atoms with Crippen LogP contribution in [0.1, 0.15) is 18.9 Å². The topological polar surface area (TPSA) is 57.7 Å². The molecule has 2 aliphatic rings. The van der Waals surface area contributed by atoms with Crippen LogP contribution in [-0.4, -0.2) is 61.3 Å². The number of halogens is 3. The van der Waals surface area contributed by atoms with Crippen molar-refractivity contribution < 1.29 is 22.7 Å². The molecule has 2 atom stereocenters. The smallest absolute Gasteiger partial charge is 0.418 e. The maximum atomic E-state index is 13.4. The van der Waals surface area contributed by atoms with Crippen LogP contribution in [0.25, 0.3) is 10.9 Å². The Hall–Kier alpha value is -2.55. The van der Waals surface area contributed by atoms with Crippen molar-refractivity contribution in [2.24, 2.45) is 5.92 Å². The molecule has 0 aliphatic carbocycles. The van der Waals surface area contributed by atoms with Crippen LogP contribution in [0.15, 0.2) is 30.5 Å². The zero-order valence-electron chi connectivity index (χ0n) is 16.8. The van der Waals surface area contributed by atoms with Gasteiger partial charge in [-0.3, -0.25) is 4.98 Å². The van der Waals surface area contributed by atoms with Crippen molar-refractivity contribution in [3.05, 3.63) is 36.0 Å². The summed E-state index contributed by atoms with van der Waals surface area (Å²) in [5.41, 5.74) is 0.0458. The molecule has 2 saturated heterocycles. The van der Waals surface area contributed by atoms with Crippen LogP contribution in [0.4, 0.5) is 23.7 Å². The first-order valence-corrected chi connectivity index (χ1v) is 10.2. The summed E-state index contributed by atoms with van der Waals surface area (Å²) in [6.07, 6.45) is -2.36. The van der Waals surface area contributed by atoms with Crippen LogP contribution < -0.4 is 10.2 Å². The lowest BCUT2D eigenvalue weighted by molar-refractivity contribution is -0.136. The Bertz CT molecular complexity index is 921. The summed E-state index contributed by atoms with van der Waals surface area (Å²) in [4.78, 5) is 19.4. The van der Waals surface area contributed by atoms with Gasteiger partial charge in [-0.1, -0.05) is 6.92 Å². The Kier molecular flexibility index (Phi) is 5.73. The maximum absolute atomic E-state index is 13.4. The van der Waals surface area contributed by atoms with E-state index in [1.807, 2.05) is 0 Å². The molecule has 0 saturated carbocycles. The number of nitrogens with zero attached hydrogens (tertiary/aromatic N) is 3. The fourth-order valence-corrected chi connectivity index (χ4v) is 4.39. The zero-order chi connectivity index (χ0) is 21.3. The SMILES string of the molecule is CC1CC(NCCN2CCOC2=O)CN(c2ccc(C(F)(F)F)c3ncccc23)C1. The van der Waals surface area contributed by atoms with Crippen molar-refractivity contribution >= 4 is 22.7 Å². The molecule has 4 rings (SSSR count). The highest BCUT2D eigenvalue weighted by molar-refractivity contribution is 5.94. The first-order valence-electron chi connectivity index (χ1n) is 10.2. The largest absolute Gasteiger partial charge is 0.448 e. The molecule has 1 N–H and O–H groups in total. The van der Waals surface area contributed by atoms with Gasteiger partial charge in [0, 0.05) is 49.5 Å². The Morgan fingerprint density at radius 2 is 2.10 bits per heavy atom. The molecule has 0 bridgehead atoms. The third-order valence-electron chi connectivity index (χ3n) is 5.71. The lowest BCUT2D eigenvalue weighted by Crippen LogP contribution is -2.50. The van der Waals surface area contributed by atoms with Gasteiger partial charge in [0.1, 0.15) is 6.61 Å². The number of hydrogen-bond acceptors (Lipinski definition) is 5. The molecular weight excluding hydrogens is 397 g/mol. The average molecular weight is 422 g/mol. The normalized spacial score (nSPS) is 22.6. The van der Waals surface area contributed by atoms with Gasteiger partial charge in [-0.2, -0.15) is 13.2 Å². The minimum Gasteiger partial charge on any atom is -0.448 e. The molecule has 30 heavy (non-hydrogen) atoms. The van der Waals surface area contributed by atoms with E-state index in [1.54, 1.807) is 23.1 Å². The van der Waals surface area contributed by atoms with Gasteiger partial charge in [0.25, 0.3) is 0 Å². The van der Waals surface area contributed by atoms with Crippen molar-refractivity contribution in [2.45, 2.75) is 25.6 Å². The van der Waals surface area contributed by atoms with E-state index in [2.05, 4.69) is 22.1 Å². The van der Waals surface area contributed by atoms with Crippen molar-refractivity contribution in [3.8, 4) is 0 Å². The summed E-state index contributed by atoms with van der Waals surface area (Å²) in [6, 6.07) is 6.24. The first-order chi connectivity index (χ1) is 14.3. The fraction of sp³-hybridized carbons (Fsp3) is 0.524. The number of benzene rings is 1. The first kappa shape index (κ1) is 20.7. The van der Waals surface area contributed by atoms with Gasteiger partial charge in [0.05, 0.1) is 17.6 Å². The molecule has 1 aromatic heterocycles. The van der Waals surface area contributed by atoms with Crippen molar-refractivity contribution in [2.75, 3.05) is 44.2 Å². The number of carbonyl (C=O) groups is 1. The molecule has 9 heteroatoms. The predicted octanol–water partition coefficient (Wildman–Crippen LogP) is 3.51. The monoisotopic (exact) mass is 422 g/mol. The lowest BCUT2D eigenvalue weighted by atomic mass is 9.94. The Labute approximate surface area is 173 Å². The van der Waals surface area contributed by atoms with Gasteiger partial charge >= 0.3 is 12.3 Å². The van der Waals surface area contributed by atoms with Crippen molar-refractivity contribution in [1.82, 2.24) is 15.2 Å². The minimum atomic E-state index is -4.44. The van der Waals surface area contributed by atoms with E-state index in [0.717, 1.165) is 24.7 Å². The van der Waals surface area contributed by atoms with Crippen molar-refractivity contribution in [3.63, 3.8) is 0 Å². The summed E-state index contributed by atoms with van der Waals surface area (Å²) in [5, 5.41) is 4.01. The molecule has 2 aromatic rings. The number of hydrogen-bond donors (Lipinski definition) is 1. The van der Waals surface area contributed by atoms with E-state index in [1.165, 1.54) is 6.20 Å². The quantitative estimate of drug-likeness (QED) is 0.799. The average Bonchev–Trinajstić information content (AvgIpc) is 3.11. The highest BCUT2D eigenvalue weighted by Gasteiger charge is 2.34. The molecule has 162 valence electrons. The summed E-state index contributed by atoms with van der Waals surface area (Å²) in [6.45, 7) is 5.87. The van der Waals surface area contributed by atoms with Gasteiger partial charge in [-0.15, -0.1) is 0 Å². The zero-order valence-corrected chi connectivity index (χ0v) is 16.8. The second-order valence-electron chi connectivity index (χ2n) is 8.03. The van der Waals surface area contributed by atoms with E-state index < -0.39 is 11.7 Å². The standard InChI is InChI=1S/C21H25F3N4O2/c1-14-11-15(25-7-8-27-9-10-30-20(27)29)13-28(12-14)18-5-4-17(21(22,23)24)19-16(18)3-2-6-26-19/h2-6,14-15,25H,7-13H2,1H3. The number of cyclic esters (lactones) is 1. The number of amides is 1. The van der Waals surface area contributed by atoms with E-state index in [4.69, 9.17) is 4.74 Å². The molecule has 2 aliphatic heterocycles. The number of piperidine rings is 1. The Balaban J connectivity index is 1.50. The Morgan fingerprint density at radius 3 is 2.83 bits per heavy atom. The number of nitrogens with one attached hydrogen (secondary N) is 1. The van der Waals surface area contributed by atoms with E-state index in [-0.39, 0.29) is 17.7 Å². The van der Waals surface area contributed by atoms with Gasteiger partial charge in [0.15, 0.2) is 0 Å². The van der Waals surface area contributed by atoms with Crippen LogP contribution >= 0.6 is 0 Å². The highest BCUT2D eigenvalue weighted by atomic mass is 19.4. The van der Waals surface area contributed by atoms with Gasteiger partial charge < -0.3 is 19.9 Å². The van der Waals surface area contributed by atoms with Gasteiger partial charge in [-0.25, -0.2) is 4.79 Å². The third-order valence-corrected chi connectivity index (χ3v) is 5.71. The number of aromatic nitrogens is 1. The molecule has 1 amide bonds. The number of ether oxygens (including phenoxy) is 1. The number of pyridine rings is 1. The lowest BCUT2D eigenvalue weighted by Gasteiger charge is -2.39. The Morgan fingerprint density at radius 1 is 1.27 bits per heavy atom. The van der Waals surface area contributed by atoms with E-state index >= 15 is 0 Å². The second-order valence-corrected chi connectivity index (χ2v) is 8.03. The number of fused-ring (bicyclic) bond motifs is 1. The van der Waals surface area contributed by atoms with Gasteiger partial charge in [0.2, 0.25) is 0 Å². The molecule has 0 spiro atoms. The maximum Gasteiger partial charge on any atom is 0.418 e. The van der Waals surface area contributed by atoms with Crippen LogP contribution in [-0.2, 0) is 10.9 Å². The summed E-state index contributed by atoms with van der Waals surface area (Å²) in [5.74, 6) is 0.377. The molecule has 6 nitrogen and oxygen atoms in total. The molecule has 3 heterocycles. The van der Waals surface area contributed by atoms with Crippen LogP contribution in [0.5, 0.6) is 0 Å². The number of anilines is 1. The highest BCUT2D eigenvalue weighted by Crippen LogP contribution is 2.38. The predicted molar refractivity (Wildman–Crippen MR) is 107 cm³/mol. The minimum absolute atomic E-state index is 0.0159. The number of alkyl halides is 3. The molecular formula is C21H25F3N4O2. The van der Waals surface area contributed by atoms with Crippen molar-refractivity contribution in [1.29, 1.82) is 0 Å². The fourth-order valence-electron chi connectivity index (χ4n) is 4.39. The number of rotatable bonds is 5. The molecule has 2 fully saturated rings. The van der Waals surface area contributed by atoms with Gasteiger partial charge in [-0.05, 0) is 36.6 Å². The van der Waals surface area contributed by atoms with Crippen LogP contribution in [0.2, 0.25) is 0 Å². The summed E-state index contributed by atoms with van der Waals surface area (Å²) >= 11 is 0. The van der Waals surface area contributed by atoms with Crippen LogP contribution in [0.3, 0.4) is 0 Å². The van der Waals surface area contributed by atoms with E-state index in [0.29, 0.717) is 44.1 Å². The summed E-state index contributed by atoms with van der Waals surface area (Å²) in [7, 11) is 0. The number of carbonyl (C=O) groups excluding carboxylic acids is 1. The second kappa shape index (κ2) is 8.29. The molecule has 1 aromatic carbocycles. The molecule has 2 unspecified atom stereocenters. The van der Waals surface area contributed by atoms with E-state index in [9.17, 15) is 18.0 Å². The third kappa shape index (κ3) is 4.30. The summed E-state index contributed by atoms with van der Waals surface area (Å²) < 4.78 is 45.2.